The van der Waals surface area contributed by atoms with Crippen molar-refractivity contribution in [1.82, 2.24) is 0 Å². The van der Waals surface area contributed by atoms with E-state index >= 15 is 0 Å². The van der Waals surface area contributed by atoms with Crippen LogP contribution in [-0.4, -0.2) is 18.9 Å². The first-order chi connectivity index (χ1) is 8.93. The molecule has 0 heterocycles. The molecule has 0 spiro atoms. The molecule has 19 heavy (non-hydrogen) atoms. The number of hydrogen-bond donors (Lipinski definition) is 0. The van der Waals surface area contributed by atoms with Crippen molar-refractivity contribution in [2.75, 3.05) is 7.11 Å². The lowest BCUT2D eigenvalue weighted by Crippen LogP contribution is -2.14. The molecule has 0 bridgehead atoms. The van der Waals surface area contributed by atoms with E-state index in [1.165, 1.54) is 7.11 Å². The van der Waals surface area contributed by atoms with Crippen LogP contribution in [-0.2, 0) is 14.3 Å². The second-order valence-electron chi connectivity index (χ2n) is 5.64. The first-order valence-corrected chi connectivity index (χ1v) is 6.92. The highest BCUT2D eigenvalue weighted by Crippen LogP contribution is 2.29. The number of ether oxygens (including phenoxy) is 1. The maximum atomic E-state index is 11.8. The molecule has 3 nitrogen and oxygen atoms in total. The lowest BCUT2D eigenvalue weighted by Gasteiger charge is -2.21. The molecule has 1 aliphatic carbocycles. The molecule has 0 fully saturated rings. The number of esters is 1. The van der Waals surface area contributed by atoms with E-state index < -0.39 is 0 Å². The zero-order valence-corrected chi connectivity index (χ0v) is 12.4. The number of methoxy groups -OCH3 is 1. The van der Waals surface area contributed by atoms with Gasteiger partial charge in [-0.25, -0.2) is 4.79 Å². The maximum absolute atomic E-state index is 11.8. The number of carbonyl (C=O) groups excluding carboxylic acids is 2. The number of allylic oxidation sites excluding steroid dienone is 3. The Morgan fingerprint density at radius 2 is 2.16 bits per heavy atom. The third kappa shape index (κ3) is 5.01. The van der Waals surface area contributed by atoms with E-state index in [-0.39, 0.29) is 11.8 Å². The fourth-order valence-corrected chi connectivity index (χ4v) is 2.40. The van der Waals surface area contributed by atoms with Gasteiger partial charge in [0.1, 0.15) is 0 Å². The molecule has 1 aliphatic rings. The second-order valence-corrected chi connectivity index (χ2v) is 5.64. The molecule has 0 N–H and O–H groups in total. The van der Waals surface area contributed by atoms with Crippen LogP contribution in [0.15, 0.2) is 23.3 Å². The van der Waals surface area contributed by atoms with Gasteiger partial charge in [0.15, 0.2) is 5.78 Å². The van der Waals surface area contributed by atoms with Crippen LogP contribution in [0.5, 0.6) is 0 Å². The van der Waals surface area contributed by atoms with Crippen molar-refractivity contribution >= 4 is 11.8 Å². The fraction of sp³-hybridized carbons (Fsp3) is 0.625. The van der Waals surface area contributed by atoms with Crippen molar-refractivity contribution < 1.29 is 14.3 Å². The van der Waals surface area contributed by atoms with Gasteiger partial charge in [-0.2, -0.15) is 0 Å². The minimum absolute atomic E-state index is 0.204. The quantitative estimate of drug-likeness (QED) is 0.564. The van der Waals surface area contributed by atoms with Crippen molar-refractivity contribution in [3.63, 3.8) is 0 Å². The highest BCUT2D eigenvalue weighted by atomic mass is 16.5. The third-order valence-electron chi connectivity index (χ3n) is 3.50. The molecule has 0 radical (unpaired) electrons. The molecular weight excluding hydrogens is 240 g/mol. The van der Waals surface area contributed by atoms with Gasteiger partial charge in [0.2, 0.25) is 0 Å². The number of rotatable bonds is 5. The molecule has 0 amide bonds. The molecule has 1 rings (SSSR count). The lowest BCUT2D eigenvalue weighted by molar-refractivity contribution is -0.136. The average Bonchev–Trinajstić information content (AvgIpc) is 2.36. The fourth-order valence-electron chi connectivity index (χ4n) is 2.40. The Hall–Kier alpha value is -1.38. The smallest absolute Gasteiger partial charge is 0.333 e. The number of ketones is 1. The molecule has 0 aromatic rings. The summed E-state index contributed by atoms with van der Waals surface area (Å²) in [5.74, 6) is 0.754. The van der Waals surface area contributed by atoms with E-state index in [1.807, 2.05) is 26.8 Å². The Morgan fingerprint density at radius 3 is 2.63 bits per heavy atom. The third-order valence-corrected chi connectivity index (χ3v) is 3.50. The van der Waals surface area contributed by atoms with Gasteiger partial charge in [-0.3, -0.25) is 4.79 Å². The van der Waals surface area contributed by atoms with E-state index in [0.717, 1.165) is 30.4 Å². The Bertz CT molecular complexity index is 402. The predicted octanol–water partition coefficient (Wildman–Crippen LogP) is 3.45. The van der Waals surface area contributed by atoms with Crippen molar-refractivity contribution in [2.45, 2.75) is 46.5 Å². The molecule has 3 heteroatoms. The molecule has 0 unspecified atom stereocenters. The summed E-state index contributed by atoms with van der Waals surface area (Å²) in [5, 5.41) is 0. The van der Waals surface area contributed by atoms with Gasteiger partial charge >= 0.3 is 5.97 Å². The van der Waals surface area contributed by atoms with Crippen molar-refractivity contribution in [3.8, 4) is 0 Å². The standard InChI is InChI=1S/C16H24O3/c1-11(2)9-15(17)10-12(3)13-5-7-14(8-6-13)16(18)19-4/h7,10-11,13H,5-6,8-9H2,1-4H3/b12-10+/t13-/m1/s1. The van der Waals surface area contributed by atoms with E-state index in [1.54, 1.807) is 6.08 Å². The number of carbonyl (C=O) groups is 2. The van der Waals surface area contributed by atoms with Crippen LogP contribution in [0.2, 0.25) is 0 Å². The van der Waals surface area contributed by atoms with Gasteiger partial charge in [-0.05, 0) is 44.1 Å². The maximum Gasteiger partial charge on any atom is 0.333 e. The number of hydrogen-bond acceptors (Lipinski definition) is 3. The van der Waals surface area contributed by atoms with Crippen LogP contribution in [0.4, 0.5) is 0 Å². The molecule has 0 aromatic carbocycles. The summed E-state index contributed by atoms with van der Waals surface area (Å²) in [6, 6.07) is 0. The largest absolute Gasteiger partial charge is 0.466 e. The normalized spacial score (nSPS) is 20.2. The molecule has 0 saturated carbocycles. The monoisotopic (exact) mass is 264 g/mol. The second kappa shape index (κ2) is 7.27. The highest BCUT2D eigenvalue weighted by Gasteiger charge is 2.20. The van der Waals surface area contributed by atoms with Gasteiger partial charge in [0, 0.05) is 12.0 Å². The van der Waals surface area contributed by atoms with Crippen LogP contribution in [0.25, 0.3) is 0 Å². The van der Waals surface area contributed by atoms with Gasteiger partial charge < -0.3 is 4.74 Å². The van der Waals surface area contributed by atoms with E-state index in [4.69, 9.17) is 4.74 Å². The van der Waals surface area contributed by atoms with Crippen LogP contribution >= 0.6 is 0 Å². The minimum atomic E-state index is -0.226. The van der Waals surface area contributed by atoms with Crippen LogP contribution in [0.1, 0.15) is 46.5 Å². The minimum Gasteiger partial charge on any atom is -0.466 e. The van der Waals surface area contributed by atoms with Crippen LogP contribution in [0, 0.1) is 11.8 Å². The van der Waals surface area contributed by atoms with Crippen molar-refractivity contribution in [2.24, 2.45) is 11.8 Å². The van der Waals surface area contributed by atoms with Crippen LogP contribution in [0.3, 0.4) is 0 Å². The van der Waals surface area contributed by atoms with Gasteiger partial charge in [-0.15, -0.1) is 0 Å². The SMILES string of the molecule is COC(=O)C1=CC[C@@H](/C(C)=C/C(=O)CC(C)C)CC1. The summed E-state index contributed by atoms with van der Waals surface area (Å²) >= 11 is 0. The molecular formula is C16H24O3. The van der Waals surface area contributed by atoms with Gasteiger partial charge in [0.25, 0.3) is 0 Å². The lowest BCUT2D eigenvalue weighted by atomic mass is 9.84. The Balaban J connectivity index is 2.59. The Morgan fingerprint density at radius 1 is 1.47 bits per heavy atom. The predicted molar refractivity (Wildman–Crippen MR) is 75.7 cm³/mol. The summed E-state index contributed by atoms with van der Waals surface area (Å²) in [4.78, 5) is 23.1. The summed E-state index contributed by atoms with van der Waals surface area (Å²) in [7, 11) is 1.41. The molecule has 0 aromatic heterocycles. The van der Waals surface area contributed by atoms with Crippen molar-refractivity contribution in [3.05, 3.63) is 23.3 Å². The zero-order chi connectivity index (χ0) is 14.4. The van der Waals surface area contributed by atoms with Crippen molar-refractivity contribution in [1.29, 1.82) is 0 Å². The van der Waals surface area contributed by atoms with E-state index in [0.29, 0.717) is 18.3 Å². The zero-order valence-electron chi connectivity index (χ0n) is 12.4. The highest BCUT2D eigenvalue weighted by molar-refractivity contribution is 5.90. The summed E-state index contributed by atoms with van der Waals surface area (Å²) in [6.07, 6.45) is 6.81. The topological polar surface area (TPSA) is 43.4 Å². The first kappa shape index (κ1) is 15.7. The summed E-state index contributed by atoms with van der Waals surface area (Å²) < 4.78 is 4.72. The van der Waals surface area contributed by atoms with E-state index in [9.17, 15) is 9.59 Å². The van der Waals surface area contributed by atoms with Gasteiger partial charge in [0.05, 0.1) is 7.11 Å². The van der Waals surface area contributed by atoms with E-state index in [2.05, 4.69) is 0 Å². The molecule has 0 saturated heterocycles. The molecule has 106 valence electrons. The summed E-state index contributed by atoms with van der Waals surface area (Å²) in [6.45, 7) is 6.11. The average molecular weight is 264 g/mol. The molecule has 1 atom stereocenters. The summed E-state index contributed by atoms with van der Waals surface area (Å²) in [5.41, 5.74) is 1.89. The van der Waals surface area contributed by atoms with Crippen LogP contribution < -0.4 is 0 Å². The Kier molecular flexibility index (Phi) is 6.00. The Labute approximate surface area is 115 Å². The van der Waals surface area contributed by atoms with Gasteiger partial charge in [-0.1, -0.05) is 25.5 Å². The molecule has 0 aliphatic heterocycles. The first-order valence-electron chi connectivity index (χ1n) is 6.92.